The minimum absolute atomic E-state index is 0. The molecule has 0 unspecified atom stereocenters. The Morgan fingerprint density at radius 2 is 2.57 bits per heavy atom. The van der Waals surface area contributed by atoms with Crippen molar-refractivity contribution in [1.82, 2.24) is 10.9 Å². The highest BCUT2D eigenvalue weighted by atomic mass is 15.4. The Balaban J connectivity index is 0.000000490. The average Bonchev–Trinajstić information content (AvgIpc) is 1.69. The second-order valence-corrected chi connectivity index (χ2v) is 1.25. The SMILES string of the molecule is NC1=CC=CNN1.[HH]. The standard InChI is InChI=1S/C4H7N3.H2/c5-4-2-1-3-6-7-4;/h1-3,6-7H,5H2;1H. The lowest BCUT2D eigenvalue weighted by Gasteiger charge is -2.06. The largest absolute Gasteiger partial charge is 0.384 e. The summed E-state index contributed by atoms with van der Waals surface area (Å²) in [7, 11) is 0. The van der Waals surface area contributed by atoms with Crippen LogP contribution in [0.1, 0.15) is 1.43 Å². The molecule has 0 aliphatic carbocycles. The topological polar surface area (TPSA) is 50.1 Å². The molecule has 0 atom stereocenters. The van der Waals surface area contributed by atoms with Crippen LogP contribution < -0.4 is 16.6 Å². The summed E-state index contributed by atoms with van der Waals surface area (Å²) in [5, 5.41) is 0. The van der Waals surface area contributed by atoms with E-state index in [2.05, 4.69) is 10.9 Å². The fourth-order valence-corrected chi connectivity index (χ4v) is 0.367. The first-order valence-corrected chi connectivity index (χ1v) is 2.03. The maximum atomic E-state index is 5.27. The molecule has 3 nitrogen and oxygen atoms in total. The Bertz CT molecular complexity index is 118. The van der Waals surface area contributed by atoms with Gasteiger partial charge in [0.25, 0.3) is 0 Å². The summed E-state index contributed by atoms with van der Waals surface area (Å²) >= 11 is 0. The fraction of sp³-hybridized carbons (Fsp3) is 0. The lowest BCUT2D eigenvalue weighted by molar-refractivity contribution is 0.709. The van der Waals surface area contributed by atoms with Crippen molar-refractivity contribution in [2.24, 2.45) is 5.73 Å². The quantitative estimate of drug-likeness (QED) is 0.389. The molecule has 1 rings (SSSR count). The van der Waals surface area contributed by atoms with E-state index in [0.29, 0.717) is 5.82 Å². The van der Waals surface area contributed by atoms with Gasteiger partial charge in [0.05, 0.1) is 0 Å². The van der Waals surface area contributed by atoms with Gasteiger partial charge >= 0.3 is 0 Å². The Labute approximate surface area is 43.3 Å². The zero-order valence-electron chi connectivity index (χ0n) is 3.81. The molecule has 40 valence electrons. The number of hydrazine groups is 1. The van der Waals surface area contributed by atoms with E-state index in [4.69, 9.17) is 5.73 Å². The summed E-state index contributed by atoms with van der Waals surface area (Å²) in [4.78, 5) is 0. The third-order valence-corrected chi connectivity index (χ3v) is 0.672. The predicted octanol–water partition coefficient (Wildman–Crippen LogP) is -0.346. The Morgan fingerprint density at radius 3 is 2.86 bits per heavy atom. The van der Waals surface area contributed by atoms with E-state index < -0.39 is 0 Å². The first-order valence-electron chi connectivity index (χ1n) is 2.03. The van der Waals surface area contributed by atoms with Gasteiger partial charge in [0, 0.05) is 7.63 Å². The van der Waals surface area contributed by atoms with Gasteiger partial charge in [-0.1, -0.05) is 0 Å². The molecular formula is C4H9N3. The number of nitrogens with two attached hydrogens (primary N) is 1. The van der Waals surface area contributed by atoms with Crippen LogP contribution in [0.25, 0.3) is 0 Å². The molecule has 0 aromatic rings. The minimum atomic E-state index is 0. The first kappa shape index (κ1) is 4.05. The number of hydrogen-bond donors (Lipinski definition) is 3. The predicted molar refractivity (Wildman–Crippen MR) is 29.8 cm³/mol. The number of rotatable bonds is 0. The van der Waals surface area contributed by atoms with E-state index >= 15 is 0 Å². The molecule has 0 saturated heterocycles. The van der Waals surface area contributed by atoms with Crippen molar-refractivity contribution >= 4 is 0 Å². The van der Waals surface area contributed by atoms with Crippen molar-refractivity contribution in [3.05, 3.63) is 24.2 Å². The van der Waals surface area contributed by atoms with E-state index in [1.807, 2.05) is 6.08 Å². The van der Waals surface area contributed by atoms with Gasteiger partial charge in [0.2, 0.25) is 0 Å². The summed E-state index contributed by atoms with van der Waals surface area (Å²) in [5.41, 5.74) is 10.7. The van der Waals surface area contributed by atoms with Crippen LogP contribution in [0, 0.1) is 0 Å². The number of allylic oxidation sites excluding steroid dienone is 2. The second-order valence-electron chi connectivity index (χ2n) is 1.25. The van der Waals surface area contributed by atoms with Crippen molar-refractivity contribution < 1.29 is 1.43 Å². The van der Waals surface area contributed by atoms with Crippen LogP contribution in [0.5, 0.6) is 0 Å². The van der Waals surface area contributed by atoms with Crippen LogP contribution in [0.15, 0.2) is 24.2 Å². The molecule has 3 heteroatoms. The van der Waals surface area contributed by atoms with Crippen LogP contribution in [-0.4, -0.2) is 0 Å². The Hall–Kier alpha value is -1.12. The molecule has 0 aromatic carbocycles. The molecule has 0 fully saturated rings. The van der Waals surface area contributed by atoms with Crippen LogP contribution >= 0.6 is 0 Å². The third-order valence-electron chi connectivity index (χ3n) is 0.672. The van der Waals surface area contributed by atoms with E-state index in [-0.39, 0.29) is 1.43 Å². The Kier molecular flexibility index (Phi) is 0.898. The Morgan fingerprint density at radius 1 is 1.71 bits per heavy atom. The van der Waals surface area contributed by atoms with Gasteiger partial charge in [-0.25, -0.2) is 0 Å². The van der Waals surface area contributed by atoms with E-state index in [0.717, 1.165) is 0 Å². The maximum Gasteiger partial charge on any atom is 0.115 e. The molecule has 0 saturated carbocycles. The van der Waals surface area contributed by atoms with Crippen molar-refractivity contribution in [3.63, 3.8) is 0 Å². The lowest BCUT2D eigenvalue weighted by atomic mass is 10.5. The lowest BCUT2D eigenvalue weighted by Crippen LogP contribution is -2.31. The molecular weight excluding hydrogens is 90.1 g/mol. The molecule has 0 amide bonds. The summed E-state index contributed by atoms with van der Waals surface area (Å²) in [6.45, 7) is 0. The van der Waals surface area contributed by atoms with E-state index in [9.17, 15) is 0 Å². The molecule has 1 heterocycles. The molecule has 0 radical (unpaired) electrons. The molecule has 4 N–H and O–H groups in total. The van der Waals surface area contributed by atoms with Gasteiger partial charge in [-0.05, 0) is 12.2 Å². The highest BCUT2D eigenvalue weighted by molar-refractivity contribution is 5.10. The zero-order chi connectivity index (χ0) is 5.11. The average molecular weight is 99.1 g/mol. The van der Waals surface area contributed by atoms with Crippen LogP contribution in [0.3, 0.4) is 0 Å². The second kappa shape index (κ2) is 1.55. The highest BCUT2D eigenvalue weighted by Crippen LogP contribution is 1.80. The molecule has 0 bridgehead atoms. The smallest absolute Gasteiger partial charge is 0.115 e. The van der Waals surface area contributed by atoms with Crippen LogP contribution in [0.4, 0.5) is 0 Å². The molecule has 0 spiro atoms. The van der Waals surface area contributed by atoms with Crippen molar-refractivity contribution in [1.29, 1.82) is 0 Å². The van der Waals surface area contributed by atoms with Gasteiger partial charge in [-0.2, -0.15) is 0 Å². The summed E-state index contributed by atoms with van der Waals surface area (Å²) in [5.74, 6) is 0.641. The first-order chi connectivity index (χ1) is 3.39. The van der Waals surface area contributed by atoms with Gasteiger partial charge in [-0.15, -0.1) is 0 Å². The molecule has 1 aliphatic heterocycles. The molecule has 1 aliphatic rings. The van der Waals surface area contributed by atoms with E-state index in [1.54, 1.807) is 12.3 Å². The minimum Gasteiger partial charge on any atom is -0.384 e. The van der Waals surface area contributed by atoms with Crippen molar-refractivity contribution in [3.8, 4) is 0 Å². The number of hydrogen-bond acceptors (Lipinski definition) is 3. The summed E-state index contributed by atoms with van der Waals surface area (Å²) in [6.07, 6.45) is 5.36. The summed E-state index contributed by atoms with van der Waals surface area (Å²) in [6, 6.07) is 0. The molecule has 0 aromatic heterocycles. The zero-order valence-corrected chi connectivity index (χ0v) is 3.81. The van der Waals surface area contributed by atoms with Crippen LogP contribution in [0.2, 0.25) is 0 Å². The van der Waals surface area contributed by atoms with Crippen molar-refractivity contribution in [2.45, 2.75) is 0 Å². The van der Waals surface area contributed by atoms with Gasteiger partial charge < -0.3 is 11.2 Å². The monoisotopic (exact) mass is 99.1 g/mol. The number of nitrogens with one attached hydrogen (secondary N) is 2. The van der Waals surface area contributed by atoms with E-state index in [1.165, 1.54) is 0 Å². The van der Waals surface area contributed by atoms with Gasteiger partial charge in [0.15, 0.2) is 0 Å². The molecule has 7 heavy (non-hydrogen) atoms. The summed E-state index contributed by atoms with van der Waals surface area (Å²) < 4.78 is 0. The van der Waals surface area contributed by atoms with Crippen LogP contribution in [-0.2, 0) is 0 Å². The van der Waals surface area contributed by atoms with Gasteiger partial charge in [0.1, 0.15) is 5.82 Å². The van der Waals surface area contributed by atoms with Gasteiger partial charge in [-0.3, -0.25) is 5.43 Å². The third kappa shape index (κ3) is 0.855. The maximum absolute atomic E-state index is 5.27. The normalized spacial score (nSPS) is 16.9. The van der Waals surface area contributed by atoms with Crippen molar-refractivity contribution in [2.75, 3.05) is 0 Å². The highest BCUT2D eigenvalue weighted by Gasteiger charge is 1.84. The fourth-order valence-electron chi connectivity index (χ4n) is 0.367.